The molecule has 4 rings (SSSR count). The fourth-order valence-electron chi connectivity index (χ4n) is 3.42. The maximum Gasteiger partial charge on any atom is 0.229 e. The summed E-state index contributed by atoms with van der Waals surface area (Å²) in [5.74, 6) is -0.295. The van der Waals surface area contributed by atoms with Crippen LogP contribution in [-0.4, -0.2) is 45.9 Å². The Morgan fingerprint density at radius 2 is 1.64 bits per heavy atom. The summed E-state index contributed by atoms with van der Waals surface area (Å²) in [6.07, 6.45) is 3.63. The number of hydrogen-bond donors (Lipinski definition) is 0. The van der Waals surface area contributed by atoms with Crippen molar-refractivity contribution in [2.75, 3.05) is 26.2 Å². The second-order valence-corrected chi connectivity index (χ2v) is 7.05. The van der Waals surface area contributed by atoms with Gasteiger partial charge in [-0.2, -0.15) is 0 Å². The van der Waals surface area contributed by atoms with Crippen molar-refractivity contribution >= 4 is 0 Å². The Morgan fingerprint density at radius 3 is 2.36 bits per heavy atom. The molecular formula is C21H22F2N4O. The lowest BCUT2D eigenvalue weighted by atomic mass is 10.2. The smallest absolute Gasteiger partial charge is 0.229 e. The van der Waals surface area contributed by atoms with E-state index in [1.807, 2.05) is 31.5 Å². The van der Waals surface area contributed by atoms with Gasteiger partial charge in [-0.15, -0.1) is 0 Å². The van der Waals surface area contributed by atoms with E-state index in [2.05, 4.69) is 19.8 Å². The normalized spacial score (nSPS) is 15.8. The van der Waals surface area contributed by atoms with Crippen molar-refractivity contribution in [2.24, 2.45) is 0 Å². The molecule has 2 aromatic heterocycles. The minimum absolute atomic E-state index is 0.0523. The number of nitrogens with zero attached hydrogens (tertiary/aromatic N) is 4. The Hall–Kier alpha value is -2.64. The third-order valence-corrected chi connectivity index (χ3v) is 5.05. The first kappa shape index (κ1) is 18.7. The first-order valence-electron chi connectivity index (χ1n) is 9.34. The molecule has 0 unspecified atom stereocenters. The van der Waals surface area contributed by atoms with E-state index in [1.54, 1.807) is 0 Å². The van der Waals surface area contributed by atoms with E-state index in [1.165, 1.54) is 5.56 Å². The van der Waals surface area contributed by atoms with Crippen LogP contribution in [0.15, 0.2) is 47.1 Å². The zero-order chi connectivity index (χ0) is 19.5. The van der Waals surface area contributed by atoms with Gasteiger partial charge in [0.2, 0.25) is 5.89 Å². The van der Waals surface area contributed by atoms with Crippen molar-refractivity contribution in [1.29, 1.82) is 0 Å². The zero-order valence-electron chi connectivity index (χ0n) is 15.7. The number of piperazine rings is 1. The minimum Gasteiger partial charge on any atom is -0.441 e. The molecular weight excluding hydrogens is 362 g/mol. The van der Waals surface area contributed by atoms with Gasteiger partial charge in [-0.3, -0.25) is 14.8 Å². The van der Waals surface area contributed by atoms with E-state index < -0.39 is 11.6 Å². The number of aryl methyl sites for hydroxylation is 1. The fraction of sp³-hybridized carbons (Fsp3) is 0.333. The lowest BCUT2D eigenvalue weighted by Crippen LogP contribution is -2.45. The van der Waals surface area contributed by atoms with E-state index in [0.717, 1.165) is 56.6 Å². The van der Waals surface area contributed by atoms with Crippen LogP contribution in [0.2, 0.25) is 0 Å². The zero-order valence-corrected chi connectivity index (χ0v) is 15.7. The maximum atomic E-state index is 14.0. The standard InChI is InChI=1S/C21H22F2N4O/c1-15-20(25-21(28-15)18-12-17(22)2-3-19(18)23)14-27-10-8-26(9-11-27)13-16-4-6-24-7-5-16/h2-7,12H,8-11,13-14H2,1H3. The van der Waals surface area contributed by atoms with Gasteiger partial charge in [0.25, 0.3) is 0 Å². The molecule has 1 fully saturated rings. The SMILES string of the molecule is Cc1oc(-c2cc(F)ccc2F)nc1CN1CCN(Cc2ccncc2)CC1. The summed E-state index contributed by atoms with van der Waals surface area (Å²) < 4.78 is 33.1. The molecule has 0 radical (unpaired) electrons. The Bertz CT molecular complexity index is 937. The van der Waals surface area contributed by atoms with Gasteiger partial charge < -0.3 is 4.42 Å². The quantitative estimate of drug-likeness (QED) is 0.672. The number of aromatic nitrogens is 2. The molecule has 0 spiro atoms. The molecule has 3 aromatic rings. The van der Waals surface area contributed by atoms with Crippen molar-refractivity contribution in [3.8, 4) is 11.5 Å². The molecule has 28 heavy (non-hydrogen) atoms. The van der Waals surface area contributed by atoms with Gasteiger partial charge in [-0.1, -0.05) is 0 Å². The van der Waals surface area contributed by atoms with Gasteiger partial charge >= 0.3 is 0 Å². The number of pyridine rings is 1. The first-order chi connectivity index (χ1) is 13.6. The van der Waals surface area contributed by atoms with Gasteiger partial charge in [0, 0.05) is 51.7 Å². The summed E-state index contributed by atoms with van der Waals surface area (Å²) in [7, 11) is 0. The molecule has 0 aliphatic carbocycles. The number of hydrogen-bond acceptors (Lipinski definition) is 5. The van der Waals surface area contributed by atoms with Crippen LogP contribution in [0.3, 0.4) is 0 Å². The van der Waals surface area contributed by atoms with Crippen LogP contribution in [0.1, 0.15) is 17.0 Å². The Morgan fingerprint density at radius 1 is 0.964 bits per heavy atom. The van der Waals surface area contributed by atoms with Gasteiger partial charge in [-0.25, -0.2) is 13.8 Å². The van der Waals surface area contributed by atoms with Crippen LogP contribution in [0, 0.1) is 18.6 Å². The van der Waals surface area contributed by atoms with Crippen LogP contribution >= 0.6 is 0 Å². The highest BCUT2D eigenvalue weighted by atomic mass is 19.1. The lowest BCUT2D eigenvalue weighted by Gasteiger charge is -2.34. The summed E-state index contributed by atoms with van der Waals surface area (Å²) >= 11 is 0. The predicted octanol–water partition coefficient (Wildman–Crippen LogP) is 3.64. The van der Waals surface area contributed by atoms with Crippen LogP contribution in [0.4, 0.5) is 8.78 Å². The summed E-state index contributed by atoms with van der Waals surface area (Å²) in [4.78, 5) is 13.2. The van der Waals surface area contributed by atoms with Crippen LogP contribution < -0.4 is 0 Å². The Labute approximate surface area is 162 Å². The second-order valence-electron chi connectivity index (χ2n) is 7.05. The second kappa shape index (κ2) is 8.16. The molecule has 7 heteroatoms. The fourth-order valence-corrected chi connectivity index (χ4v) is 3.42. The number of oxazole rings is 1. The van der Waals surface area contributed by atoms with E-state index in [9.17, 15) is 8.78 Å². The van der Waals surface area contributed by atoms with Crippen molar-refractivity contribution in [3.63, 3.8) is 0 Å². The molecule has 1 aromatic carbocycles. The highest BCUT2D eigenvalue weighted by Crippen LogP contribution is 2.26. The molecule has 1 saturated heterocycles. The van der Waals surface area contributed by atoms with Crippen LogP contribution in [0.25, 0.3) is 11.5 Å². The minimum atomic E-state index is -0.543. The van der Waals surface area contributed by atoms with Crippen molar-refractivity contribution in [1.82, 2.24) is 19.8 Å². The largest absolute Gasteiger partial charge is 0.441 e. The molecule has 3 heterocycles. The third kappa shape index (κ3) is 4.26. The Balaban J connectivity index is 1.38. The number of benzene rings is 1. The van der Waals surface area contributed by atoms with Gasteiger partial charge in [-0.05, 0) is 42.8 Å². The molecule has 0 amide bonds. The average molecular weight is 384 g/mol. The highest BCUT2D eigenvalue weighted by Gasteiger charge is 2.21. The number of halogens is 2. The van der Waals surface area contributed by atoms with Crippen LogP contribution in [-0.2, 0) is 13.1 Å². The van der Waals surface area contributed by atoms with E-state index in [-0.39, 0.29) is 11.5 Å². The molecule has 0 atom stereocenters. The molecule has 5 nitrogen and oxygen atoms in total. The third-order valence-electron chi connectivity index (χ3n) is 5.05. The molecule has 0 N–H and O–H groups in total. The van der Waals surface area contributed by atoms with E-state index in [4.69, 9.17) is 4.42 Å². The molecule has 0 bridgehead atoms. The predicted molar refractivity (Wildman–Crippen MR) is 101 cm³/mol. The maximum absolute atomic E-state index is 14.0. The number of rotatable bonds is 5. The molecule has 1 aliphatic heterocycles. The summed E-state index contributed by atoms with van der Waals surface area (Å²) in [6.45, 7) is 7.12. The molecule has 0 saturated carbocycles. The summed E-state index contributed by atoms with van der Waals surface area (Å²) in [6, 6.07) is 7.37. The Kier molecular flexibility index (Phi) is 5.45. The van der Waals surface area contributed by atoms with Gasteiger partial charge in [0.05, 0.1) is 11.3 Å². The summed E-state index contributed by atoms with van der Waals surface area (Å²) in [5, 5.41) is 0. The topological polar surface area (TPSA) is 45.4 Å². The van der Waals surface area contributed by atoms with E-state index in [0.29, 0.717) is 12.3 Å². The monoisotopic (exact) mass is 384 g/mol. The van der Waals surface area contributed by atoms with Crippen molar-refractivity contribution in [3.05, 3.63) is 71.4 Å². The van der Waals surface area contributed by atoms with Crippen molar-refractivity contribution < 1.29 is 13.2 Å². The van der Waals surface area contributed by atoms with Gasteiger partial charge in [0.15, 0.2) is 0 Å². The molecule has 1 aliphatic rings. The average Bonchev–Trinajstić information content (AvgIpc) is 3.06. The summed E-state index contributed by atoms with van der Waals surface area (Å²) in [5.41, 5.74) is 2.08. The van der Waals surface area contributed by atoms with Gasteiger partial charge in [0.1, 0.15) is 17.4 Å². The lowest BCUT2D eigenvalue weighted by molar-refractivity contribution is 0.120. The highest BCUT2D eigenvalue weighted by molar-refractivity contribution is 5.54. The van der Waals surface area contributed by atoms with Crippen LogP contribution in [0.5, 0.6) is 0 Å². The van der Waals surface area contributed by atoms with Crippen molar-refractivity contribution in [2.45, 2.75) is 20.0 Å². The first-order valence-corrected chi connectivity index (χ1v) is 9.34. The van der Waals surface area contributed by atoms with E-state index >= 15 is 0 Å². The molecule has 146 valence electrons.